The minimum absolute atomic E-state index is 0.699. The van der Waals surface area contributed by atoms with Gasteiger partial charge in [0.15, 0.2) is 0 Å². The Bertz CT molecular complexity index is 681. The van der Waals surface area contributed by atoms with Crippen LogP contribution in [0.2, 0.25) is 5.02 Å². The second kappa shape index (κ2) is 5.00. The third kappa shape index (κ3) is 2.35. The first-order valence-corrected chi connectivity index (χ1v) is 6.83. The molecule has 3 aromatic rings. The molecule has 0 aliphatic carbocycles. The number of benzene rings is 1. The highest BCUT2D eigenvalue weighted by Crippen LogP contribution is 2.29. The monoisotopic (exact) mass is 275 g/mol. The summed E-state index contributed by atoms with van der Waals surface area (Å²) in [5.41, 5.74) is 2.30. The first kappa shape index (κ1) is 11.6. The highest BCUT2D eigenvalue weighted by molar-refractivity contribution is 7.98. The Morgan fingerprint density at radius 3 is 3.06 bits per heavy atom. The van der Waals surface area contributed by atoms with Crippen molar-refractivity contribution in [1.82, 2.24) is 15.2 Å². The third-order valence-corrected chi connectivity index (χ3v) is 4.19. The van der Waals surface area contributed by atoms with Gasteiger partial charge in [0.1, 0.15) is 0 Å². The van der Waals surface area contributed by atoms with Crippen LogP contribution < -0.4 is 0 Å². The standard InChI is InChI=1S/C13H10ClN3S/c14-11-7-15-4-3-13(11)18-8-9-1-2-10-6-16-17-12(10)5-9/h1-7H,8H2,(H,16,17). The molecule has 2 aromatic heterocycles. The van der Waals surface area contributed by atoms with Gasteiger partial charge >= 0.3 is 0 Å². The van der Waals surface area contributed by atoms with E-state index in [0.29, 0.717) is 5.02 Å². The van der Waals surface area contributed by atoms with Gasteiger partial charge in [0, 0.05) is 28.4 Å². The second-order valence-electron chi connectivity index (χ2n) is 3.89. The first-order chi connectivity index (χ1) is 8.83. The molecule has 0 radical (unpaired) electrons. The van der Waals surface area contributed by atoms with Crippen molar-refractivity contribution in [2.75, 3.05) is 0 Å². The van der Waals surface area contributed by atoms with Crippen LogP contribution in [-0.2, 0) is 5.75 Å². The third-order valence-electron chi connectivity index (χ3n) is 2.64. The molecule has 0 amide bonds. The van der Waals surface area contributed by atoms with Gasteiger partial charge in [0.2, 0.25) is 0 Å². The summed E-state index contributed by atoms with van der Waals surface area (Å²) in [5.74, 6) is 0.874. The van der Waals surface area contributed by atoms with Crippen LogP contribution in [-0.4, -0.2) is 15.2 Å². The molecule has 1 N–H and O–H groups in total. The number of pyridine rings is 1. The number of aromatic amines is 1. The van der Waals surface area contributed by atoms with E-state index < -0.39 is 0 Å². The summed E-state index contributed by atoms with van der Waals surface area (Å²) in [6.45, 7) is 0. The van der Waals surface area contributed by atoms with E-state index in [4.69, 9.17) is 11.6 Å². The molecule has 18 heavy (non-hydrogen) atoms. The molecule has 0 bridgehead atoms. The second-order valence-corrected chi connectivity index (χ2v) is 5.31. The lowest BCUT2D eigenvalue weighted by atomic mass is 10.2. The summed E-state index contributed by atoms with van der Waals surface area (Å²) >= 11 is 7.77. The Morgan fingerprint density at radius 2 is 2.17 bits per heavy atom. The minimum Gasteiger partial charge on any atom is -0.278 e. The van der Waals surface area contributed by atoms with E-state index in [9.17, 15) is 0 Å². The smallest absolute Gasteiger partial charge is 0.0725 e. The fourth-order valence-corrected chi connectivity index (χ4v) is 2.85. The van der Waals surface area contributed by atoms with Crippen molar-refractivity contribution in [3.05, 3.63) is 53.4 Å². The number of hydrogen-bond acceptors (Lipinski definition) is 3. The first-order valence-electron chi connectivity index (χ1n) is 5.47. The zero-order chi connectivity index (χ0) is 12.4. The number of hydrogen-bond donors (Lipinski definition) is 1. The van der Waals surface area contributed by atoms with E-state index in [1.807, 2.05) is 12.3 Å². The van der Waals surface area contributed by atoms with Gasteiger partial charge < -0.3 is 0 Å². The Morgan fingerprint density at radius 1 is 1.22 bits per heavy atom. The van der Waals surface area contributed by atoms with Crippen molar-refractivity contribution in [2.45, 2.75) is 10.6 Å². The topological polar surface area (TPSA) is 41.6 Å². The number of thioether (sulfide) groups is 1. The quantitative estimate of drug-likeness (QED) is 0.737. The molecule has 0 aliphatic heterocycles. The van der Waals surface area contributed by atoms with Gasteiger partial charge in [-0.2, -0.15) is 5.10 Å². The van der Waals surface area contributed by atoms with Gasteiger partial charge in [0.25, 0.3) is 0 Å². The minimum atomic E-state index is 0.699. The van der Waals surface area contributed by atoms with Gasteiger partial charge in [-0.1, -0.05) is 23.7 Å². The van der Waals surface area contributed by atoms with Crippen molar-refractivity contribution in [1.29, 1.82) is 0 Å². The zero-order valence-corrected chi connectivity index (χ0v) is 11.0. The molecule has 0 fully saturated rings. The van der Waals surface area contributed by atoms with E-state index >= 15 is 0 Å². The summed E-state index contributed by atoms with van der Waals surface area (Å²) in [5, 5.41) is 8.82. The fourth-order valence-electron chi connectivity index (χ4n) is 1.71. The molecule has 3 nitrogen and oxygen atoms in total. The van der Waals surface area contributed by atoms with Crippen LogP contribution in [0.5, 0.6) is 0 Å². The molecule has 3 rings (SSSR count). The maximum absolute atomic E-state index is 6.07. The van der Waals surface area contributed by atoms with E-state index in [-0.39, 0.29) is 0 Å². The number of nitrogens with zero attached hydrogens (tertiary/aromatic N) is 2. The molecular weight excluding hydrogens is 266 g/mol. The molecule has 0 saturated carbocycles. The number of H-pyrrole nitrogens is 1. The maximum atomic E-state index is 6.07. The number of fused-ring (bicyclic) bond motifs is 1. The van der Waals surface area contributed by atoms with Gasteiger partial charge in [-0.15, -0.1) is 11.8 Å². The van der Waals surface area contributed by atoms with E-state index in [1.165, 1.54) is 5.56 Å². The predicted molar refractivity (Wildman–Crippen MR) is 74.9 cm³/mol. The van der Waals surface area contributed by atoms with Crippen molar-refractivity contribution >= 4 is 34.3 Å². The predicted octanol–water partition coefficient (Wildman–Crippen LogP) is 3.90. The van der Waals surface area contributed by atoms with Gasteiger partial charge in [-0.25, -0.2) is 0 Å². The highest BCUT2D eigenvalue weighted by Gasteiger charge is 2.02. The summed E-state index contributed by atoms with van der Waals surface area (Å²) in [7, 11) is 0. The van der Waals surface area contributed by atoms with Crippen molar-refractivity contribution in [2.24, 2.45) is 0 Å². The van der Waals surface area contributed by atoms with Crippen LogP contribution in [0.3, 0.4) is 0 Å². The Labute approximate surface area is 114 Å². The molecule has 1 aromatic carbocycles. The van der Waals surface area contributed by atoms with Crippen LogP contribution >= 0.6 is 23.4 Å². The summed E-state index contributed by atoms with van der Waals surface area (Å²) in [4.78, 5) is 5.03. The van der Waals surface area contributed by atoms with Crippen LogP contribution in [0.15, 0.2) is 47.8 Å². The van der Waals surface area contributed by atoms with Crippen LogP contribution in [0.4, 0.5) is 0 Å². The van der Waals surface area contributed by atoms with Gasteiger partial charge in [-0.3, -0.25) is 10.1 Å². The molecule has 0 spiro atoms. The van der Waals surface area contributed by atoms with Crippen molar-refractivity contribution in [3.63, 3.8) is 0 Å². The number of halogens is 1. The van der Waals surface area contributed by atoms with Crippen LogP contribution in [0, 0.1) is 0 Å². The number of nitrogens with one attached hydrogen (secondary N) is 1. The lowest BCUT2D eigenvalue weighted by Gasteiger charge is -2.03. The van der Waals surface area contributed by atoms with Crippen LogP contribution in [0.25, 0.3) is 10.9 Å². The lowest BCUT2D eigenvalue weighted by molar-refractivity contribution is 1.12. The molecule has 0 unspecified atom stereocenters. The van der Waals surface area contributed by atoms with Crippen molar-refractivity contribution in [3.8, 4) is 0 Å². The molecule has 0 saturated heterocycles. The number of rotatable bonds is 3. The van der Waals surface area contributed by atoms with Gasteiger partial charge in [0.05, 0.1) is 16.7 Å². The molecule has 0 atom stereocenters. The van der Waals surface area contributed by atoms with Crippen LogP contribution in [0.1, 0.15) is 5.56 Å². The summed E-state index contributed by atoms with van der Waals surface area (Å²) in [6, 6.07) is 8.23. The highest BCUT2D eigenvalue weighted by atomic mass is 35.5. The largest absolute Gasteiger partial charge is 0.278 e. The van der Waals surface area contributed by atoms with E-state index in [0.717, 1.165) is 21.6 Å². The fraction of sp³-hybridized carbons (Fsp3) is 0.0769. The lowest BCUT2D eigenvalue weighted by Crippen LogP contribution is -1.82. The molecule has 0 aliphatic rings. The molecule has 90 valence electrons. The van der Waals surface area contributed by atoms with Gasteiger partial charge in [-0.05, 0) is 17.7 Å². The van der Waals surface area contributed by atoms with Crippen molar-refractivity contribution < 1.29 is 0 Å². The molecule has 5 heteroatoms. The number of aromatic nitrogens is 3. The SMILES string of the molecule is Clc1cnccc1SCc1ccc2cn[nH]c2c1. The molecular formula is C13H10ClN3S. The Hall–Kier alpha value is -1.52. The normalized spacial score (nSPS) is 10.9. The van der Waals surface area contributed by atoms with E-state index in [1.54, 1.807) is 24.2 Å². The summed E-state index contributed by atoms with van der Waals surface area (Å²) in [6.07, 6.45) is 5.25. The average Bonchev–Trinajstić information content (AvgIpc) is 2.85. The average molecular weight is 276 g/mol. The summed E-state index contributed by atoms with van der Waals surface area (Å²) < 4.78 is 0. The Balaban J connectivity index is 1.78. The Kier molecular flexibility index (Phi) is 3.21. The zero-order valence-electron chi connectivity index (χ0n) is 9.43. The van der Waals surface area contributed by atoms with E-state index in [2.05, 4.69) is 33.4 Å². The molecule has 2 heterocycles. The maximum Gasteiger partial charge on any atom is 0.0725 e.